The number of hydrogen-bond donors (Lipinski definition) is 1. The number of halogens is 2. The van der Waals surface area contributed by atoms with Gasteiger partial charge in [0.25, 0.3) is 0 Å². The molecule has 0 aliphatic carbocycles. The molecule has 1 atom stereocenters. The van der Waals surface area contributed by atoms with Gasteiger partial charge in [-0.25, -0.2) is 0 Å². The van der Waals surface area contributed by atoms with Crippen LogP contribution in [0.2, 0.25) is 0 Å². The number of carbonyl (C=O) groups excluding carboxylic acids is 1. The van der Waals surface area contributed by atoms with Crippen molar-refractivity contribution < 1.29 is 18.3 Å². The van der Waals surface area contributed by atoms with Crippen LogP contribution >= 0.6 is 11.3 Å². The van der Waals surface area contributed by atoms with E-state index in [1.54, 1.807) is 23.5 Å². The predicted molar refractivity (Wildman–Crippen MR) is 87.1 cm³/mol. The van der Waals surface area contributed by atoms with Crippen LogP contribution in [-0.4, -0.2) is 31.0 Å². The normalized spacial score (nSPS) is 12.4. The molecule has 0 spiro atoms. The molecule has 0 fully saturated rings. The van der Waals surface area contributed by atoms with Gasteiger partial charge in [-0.1, -0.05) is 18.2 Å². The van der Waals surface area contributed by atoms with E-state index in [4.69, 9.17) is 0 Å². The fourth-order valence-electron chi connectivity index (χ4n) is 2.07. The highest BCUT2D eigenvalue weighted by Gasteiger charge is 2.17. The third kappa shape index (κ3) is 5.01. The Labute approximate surface area is 137 Å². The molecule has 4 nitrogen and oxygen atoms in total. The minimum Gasteiger partial charge on any atom is -0.433 e. The third-order valence-corrected chi connectivity index (χ3v) is 4.43. The Morgan fingerprint density at radius 1 is 1.30 bits per heavy atom. The maximum Gasteiger partial charge on any atom is 0.387 e. The summed E-state index contributed by atoms with van der Waals surface area (Å²) in [7, 11) is 1.84. The highest BCUT2D eigenvalue weighted by atomic mass is 32.1. The molecule has 0 bridgehead atoms. The number of amides is 1. The summed E-state index contributed by atoms with van der Waals surface area (Å²) in [5, 5.41) is 4.60. The molecule has 124 valence electrons. The molecule has 7 heteroatoms. The van der Waals surface area contributed by atoms with E-state index in [0.717, 1.165) is 4.88 Å². The van der Waals surface area contributed by atoms with Gasteiger partial charge in [-0.2, -0.15) is 8.78 Å². The van der Waals surface area contributed by atoms with Crippen molar-refractivity contribution in [2.75, 3.05) is 18.9 Å². The molecule has 1 amide bonds. The summed E-state index contributed by atoms with van der Waals surface area (Å²) in [6, 6.07) is 10.2. The fourth-order valence-corrected chi connectivity index (χ4v) is 2.92. The number of ether oxygens (including phenoxy) is 1. The predicted octanol–water partition coefficient (Wildman–Crippen LogP) is 3.98. The fraction of sp³-hybridized carbons (Fsp3) is 0.312. The second-order valence-electron chi connectivity index (χ2n) is 5.03. The number of thiophene rings is 1. The van der Waals surface area contributed by atoms with Crippen LogP contribution in [-0.2, 0) is 4.79 Å². The van der Waals surface area contributed by atoms with E-state index in [0.29, 0.717) is 0 Å². The Morgan fingerprint density at radius 3 is 2.70 bits per heavy atom. The number of nitrogens with one attached hydrogen (secondary N) is 1. The van der Waals surface area contributed by atoms with Crippen molar-refractivity contribution in [3.63, 3.8) is 0 Å². The topological polar surface area (TPSA) is 41.6 Å². The van der Waals surface area contributed by atoms with Gasteiger partial charge in [0, 0.05) is 10.9 Å². The highest BCUT2D eigenvalue weighted by Crippen LogP contribution is 2.26. The van der Waals surface area contributed by atoms with Crippen LogP contribution in [0.4, 0.5) is 14.5 Å². The highest BCUT2D eigenvalue weighted by molar-refractivity contribution is 7.10. The maximum atomic E-state index is 12.4. The van der Waals surface area contributed by atoms with E-state index < -0.39 is 6.61 Å². The van der Waals surface area contributed by atoms with Crippen molar-refractivity contribution in [3.8, 4) is 5.75 Å². The zero-order valence-corrected chi connectivity index (χ0v) is 13.6. The van der Waals surface area contributed by atoms with Crippen molar-refractivity contribution >= 4 is 22.9 Å². The van der Waals surface area contributed by atoms with Crippen LogP contribution in [0.1, 0.15) is 17.8 Å². The summed E-state index contributed by atoms with van der Waals surface area (Å²) in [6.07, 6.45) is 0. The van der Waals surface area contributed by atoms with Crippen molar-refractivity contribution in [3.05, 3.63) is 46.7 Å². The third-order valence-electron chi connectivity index (χ3n) is 3.39. The first-order chi connectivity index (χ1) is 11.0. The number of likely N-dealkylation sites (N-methyl/N-ethyl adjacent to an activating group) is 1. The van der Waals surface area contributed by atoms with Gasteiger partial charge in [0.1, 0.15) is 5.75 Å². The minimum absolute atomic E-state index is 0.0511. The van der Waals surface area contributed by atoms with E-state index >= 15 is 0 Å². The van der Waals surface area contributed by atoms with E-state index in [-0.39, 0.29) is 29.9 Å². The lowest BCUT2D eigenvalue weighted by molar-refractivity contribution is -0.117. The van der Waals surface area contributed by atoms with Gasteiger partial charge >= 0.3 is 6.61 Å². The van der Waals surface area contributed by atoms with Gasteiger partial charge in [-0.3, -0.25) is 9.69 Å². The first-order valence-corrected chi connectivity index (χ1v) is 7.92. The number of benzene rings is 1. The van der Waals surface area contributed by atoms with E-state index in [2.05, 4.69) is 10.1 Å². The lowest BCUT2D eigenvalue weighted by Crippen LogP contribution is -2.32. The summed E-state index contributed by atoms with van der Waals surface area (Å²) in [6.45, 7) is -0.788. The zero-order valence-electron chi connectivity index (χ0n) is 12.8. The monoisotopic (exact) mass is 340 g/mol. The van der Waals surface area contributed by atoms with Gasteiger partial charge in [0.15, 0.2) is 0 Å². The van der Waals surface area contributed by atoms with Crippen LogP contribution in [0.15, 0.2) is 41.8 Å². The van der Waals surface area contributed by atoms with Crippen LogP contribution in [0.25, 0.3) is 0 Å². The van der Waals surface area contributed by atoms with Crippen LogP contribution in [0, 0.1) is 0 Å². The molecule has 2 aromatic rings. The average Bonchev–Trinajstić information content (AvgIpc) is 3.02. The largest absolute Gasteiger partial charge is 0.433 e. The molecular weight excluding hydrogens is 322 g/mol. The van der Waals surface area contributed by atoms with Crippen molar-refractivity contribution in [2.45, 2.75) is 19.6 Å². The maximum absolute atomic E-state index is 12.4. The molecule has 23 heavy (non-hydrogen) atoms. The Kier molecular flexibility index (Phi) is 6.06. The number of rotatable bonds is 7. The molecule has 1 aromatic heterocycles. The zero-order chi connectivity index (χ0) is 16.8. The van der Waals surface area contributed by atoms with E-state index in [1.807, 2.05) is 36.4 Å². The van der Waals surface area contributed by atoms with Gasteiger partial charge in [0.2, 0.25) is 5.91 Å². The molecule has 0 saturated heterocycles. The number of anilines is 1. The Bertz CT molecular complexity index is 635. The molecule has 1 heterocycles. The standard InChI is InChI=1S/C16H18F2N2O2S/c1-11(14-8-5-9-23-14)20(2)10-15(21)19-12-6-3-4-7-13(12)22-16(17)18/h3-9,11,16H,10H2,1-2H3,(H,19,21). The van der Waals surface area contributed by atoms with Crippen molar-refractivity contribution in [1.29, 1.82) is 0 Å². The number of para-hydroxylation sites is 2. The van der Waals surface area contributed by atoms with Crippen LogP contribution < -0.4 is 10.1 Å². The smallest absolute Gasteiger partial charge is 0.387 e. The summed E-state index contributed by atoms with van der Waals surface area (Å²) in [5.74, 6) is -0.342. The molecule has 0 aliphatic rings. The molecule has 1 unspecified atom stereocenters. The second-order valence-corrected chi connectivity index (χ2v) is 6.01. The Morgan fingerprint density at radius 2 is 2.04 bits per heavy atom. The van der Waals surface area contributed by atoms with Gasteiger partial charge in [-0.05, 0) is 37.6 Å². The molecule has 1 N–H and O–H groups in total. The van der Waals surface area contributed by atoms with Crippen LogP contribution in [0.3, 0.4) is 0 Å². The van der Waals surface area contributed by atoms with Gasteiger partial charge in [0.05, 0.1) is 12.2 Å². The Hall–Kier alpha value is -1.99. The van der Waals surface area contributed by atoms with Crippen LogP contribution in [0.5, 0.6) is 5.75 Å². The average molecular weight is 340 g/mol. The number of hydrogen-bond acceptors (Lipinski definition) is 4. The quantitative estimate of drug-likeness (QED) is 0.829. The second kappa shape index (κ2) is 8.03. The first-order valence-electron chi connectivity index (χ1n) is 7.04. The lowest BCUT2D eigenvalue weighted by atomic mass is 10.2. The van der Waals surface area contributed by atoms with E-state index in [1.165, 1.54) is 12.1 Å². The Balaban J connectivity index is 1.97. The SMILES string of the molecule is CC(c1cccs1)N(C)CC(=O)Nc1ccccc1OC(F)F. The molecular formula is C16H18F2N2O2S. The molecule has 0 radical (unpaired) electrons. The van der Waals surface area contributed by atoms with E-state index in [9.17, 15) is 13.6 Å². The molecule has 0 aliphatic heterocycles. The summed E-state index contributed by atoms with van der Waals surface area (Å²) >= 11 is 1.62. The summed E-state index contributed by atoms with van der Waals surface area (Å²) in [5.41, 5.74) is 0.231. The summed E-state index contributed by atoms with van der Waals surface area (Å²) < 4.78 is 29.1. The van der Waals surface area contributed by atoms with Crippen molar-refractivity contribution in [1.82, 2.24) is 4.90 Å². The summed E-state index contributed by atoms with van der Waals surface area (Å²) in [4.78, 5) is 15.2. The number of carbonyl (C=O) groups is 1. The molecule has 2 rings (SSSR count). The van der Waals surface area contributed by atoms with Crippen molar-refractivity contribution in [2.24, 2.45) is 0 Å². The molecule has 1 aromatic carbocycles. The first kappa shape index (κ1) is 17.4. The van der Waals surface area contributed by atoms with Gasteiger partial charge in [-0.15, -0.1) is 11.3 Å². The van der Waals surface area contributed by atoms with Gasteiger partial charge < -0.3 is 10.1 Å². The minimum atomic E-state index is -2.94. The number of nitrogens with zero attached hydrogens (tertiary/aromatic N) is 1. The lowest BCUT2D eigenvalue weighted by Gasteiger charge is -2.23. The number of alkyl halides is 2. The molecule has 0 saturated carbocycles.